The number of nitro groups is 1. The third-order valence-corrected chi connectivity index (χ3v) is 2.13. The molecule has 76 valence electrons. The molecule has 0 heterocycles. The van der Waals surface area contributed by atoms with E-state index < -0.39 is 20.0 Å². The van der Waals surface area contributed by atoms with Crippen molar-refractivity contribution in [1.82, 2.24) is 0 Å². The Hall–Kier alpha value is 1.60. The first kappa shape index (κ1) is 19.9. The monoisotopic (exact) mass is 294 g/mol. The Morgan fingerprint density at radius 2 is 1.81 bits per heavy atom. The molecule has 0 bridgehead atoms. The molecular weight excluding hydrogens is 290 g/mol. The van der Waals surface area contributed by atoms with Gasteiger partial charge in [0.1, 0.15) is 10.1 Å². The fourth-order valence-corrected chi connectivity index (χ4v) is 1.31. The molecule has 16 heavy (non-hydrogen) atoms. The molecule has 10 heteroatoms. The van der Waals surface area contributed by atoms with E-state index in [9.17, 15) is 23.1 Å². The molecule has 1 rings (SSSR count). The molecule has 0 aliphatic rings. The van der Waals surface area contributed by atoms with Gasteiger partial charge in [0.05, 0.1) is 4.90 Å². The van der Waals surface area contributed by atoms with Crippen molar-refractivity contribution in [2.24, 2.45) is 0 Å². The zero-order valence-corrected chi connectivity index (χ0v) is 15.7. The summed E-state index contributed by atoms with van der Waals surface area (Å²) < 4.78 is 31.5. The van der Waals surface area contributed by atoms with Crippen molar-refractivity contribution in [3.63, 3.8) is 0 Å². The number of benzene rings is 1. The van der Waals surface area contributed by atoms with Gasteiger partial charge in [-0.25, -0.2) is 8.42 Å². The van der Waals surface area contributed by atoms with Crippen molar-refractivity contribution in [3.8, 4) is 0 Å². The summed E-state index contributed by atoms with van der Waals surface area (Å²) in [6, 6.07) is 4.30. The fraction of sp³-hybridized carbons (Fsp3) is 0. The topological polar surface area (TPSA) is 114 Å². The Bertz CT molecular complexity index is 464. The van der Waals surface area contributed by atoms with Gasteiger partial charge >= 0.3 is 103 Å². The normalized spacial score (nSPS) is 9.56. The van der Waals surface area contributed by atoms with Crippen LogP contribution in [-0.4, -0.2) is 18.0 Å². The van der Waals surface area contributed by atoms with Gasteiger partial charge in [-0.2, -0.15) is 0 Å². The van der Waals surface area contributed by atoms with Crippen LogP contribution in [0.25, 0.3) is 5.43 Å². The second-order valence-electron chi connectivity index (χ2n) is 2.29. The van der Waals surface area contributed by atoms with Crippen molar-refractivity contribution in [3.05, 3.63) is 39.8 Å². The summed E-state index contributed by atoms with van der Waals surface area (Å²) >= 11 is 0. The molecule has 0 aliphatic carbocycles. The molecule has 0 aromatic heterocycles. The minimum Gasteiger partial charge on any atom is -0.744 e. The van der Waals surface area contributed by atoms with Crippen molar-refractivity contribution in [2.75, 3.05) is 0 Å². The Morgan fingerprint density at radius 1 is 1.25 bits per heavy atom. The van der Waals surface area contributed by atoms with Crippen LogP contribution < -0.4 is 103 Å². The molecule has 0 fully saturated rings. The molecule has 0 unspecified atom stereocenters. The van der Waals surface area contributed by atoms with Crippen molar-refractivity contribution in [1.29, 1.82) is 0 Å². The third kappa shape index (κ3) is 7.13. The van der Waals surface area contributed by atoms with Crippen LogP contribution in [0.2, 0.25) is 0 Å². The van der Waals surface area contributed by atoms with Gasteiger partial charge in [-0.15, -0.1) is 0 Å². The average Bonchev–Trinajstić information content (AvgIpc) is 2.01. The largest absolute Gasteiger partial charge is 1.00 e. The van der Waals surface area contributed by atoms with Gasteiger partial charge in [0.25, 0.3) is 0 Å². The molecule has 0 saturated carbocycles. The minimum absolute atomic E-state index is 0. The molecule has 0 radical (unpaired) electrons. The number of hydrogen-bond donors (Lipinski definition) is 0. The second-order valence-corrected chi connectivity index (χ2v) is 3.67. The van der Waals surface area contributed by atoms with Gasteiger partial charge in [-0.05, 0) is 11.1 Å². The fourth-order valence-electron chi connectivity index (χ4n) is 0.796. The molecule has 0 N–H and O–H groups in total. The predicted octanol–water partition coefficient (Wildman–Crippen LogP) is -5.20. The van der Waals surface area contributed by atoms with Crippen molar-refractivity contribution in [2.45, 2.75) is 4.90 Å². The number of rotatable bonds is 3. The Kier molecular flexibility index (Phi) is 10.8. The minimum atomic E-state index is -4.59. The molecule has 0 saturated heterocycles. The zero-order chi connectivity index (χ0) is 10.8. The van der Waals surface area contributed by atoms with Gasteiger partial charge < -0.3 is 9.98 Å². The van der Waals surface area contributed by atoms with E-state index in [-0.39, 0.29) is 108 Å². The van der Waals surface area contributed by atoms with Crippen LogP contribution >= 0.6 is 0 Å². The summed E-state index contributed by atoms with van der Waals surface area (Å²) in [5.41, 5.74) is 2.66. The molecule has 7 nitrogen and oxygen atoms in total. The molecular formula is C6H4K2N2O5S. The zero-order valence-electron chi connectivity index (χ0n) is 8.65. The Labute approximate surface area is 177 Å². The maximum atomic E-state index is 10.5. The number of nitrogens with zero attached hydrogens (tertiary/aromatic N) is 2. The summed E-state index contributed by atoms with van der Waals surface area (Å²) in [6.07, 6.45) is 0. The van der Waals surface area contributed by atoms with Crippen LogP contribution in [0.15, 0.2) is 29.2 Å². The van der Waals surface area contributed by atoms with Gasteiger partial charge in [0.2, 0.25) is 0 Å². The smallest absolute Gasteiger partial charge is 0.744 e. The quantitative estimate of drug-likeness (QED) is 0.239. The van der Waals surface area contributed by atoms with Gasteiger partial charge in [-0.1, -0.05) is 23.9 Å². The van der Waals surface area contributed by atoms with E-state index in [0.29, 0.717) is 0 Å². The van der Waals surface area contributed by atoms with E-state index in [1.807, 2.05) is 0 Å². The van der Waals surface area contributed by atoms with Crippen molar-refractivity contribution >= 4 is 15.8 Å². The molecule has 1 aromatic rings. The van der Waals surface area contributed by atoms with Crippen LogP contribution in [0, 0.1) is 10.1 Å². The SMILES string of the molecule is O=[N+]([O-])[N-]c1cccc(S(=O)(=O)[O-])c1.[K+].[K+]. The molecule has 1 aromatic carbocycles. The van der Waals surface area contributed by atoms with Crippen LogP contribution in [-0.2, 0) is 10.1 Å². The number of hydrogen-bond acceptors (Lipinski definition) is 5. The van der Waals surface area contributed by atoms with Crippen molar-refractivity contribution < 1.29 is 121 Å². The third-order valence-electron chi connectivity index (χ3n) is 1.30. The van der Waals surface area contributed by atoms with Crippen LogP contribution in [0.3, 0.4) is 0 Å². The summed E-state index contributed by atoms with van der Waals surface area (Å²) in [6.45, 7) is 0. The van der Waals surface area contributed by atoms with Crippen LogP contribution in [0.5, 0.6) is 0 Å². The summed E-state index contributed by atoms with van der Waals surface area (Å²) in [5, 5.41) is 8.97. The van der Waals surface area contributed by atoms with Crippen LogP contribution in [0.4, 0.5) is 5.69 Å². The first-order chi connectivity index (χ1) is 6.39. The maximum Gasteiger partial charge on any atom is 1.00 e. The second kappa shape index (κ2) is 8.66. The van der Waals surface area contributed by atoms with E-state index >= 15 is 0 Å². The van der Waals surface area contributed by atoms with E-state index in [4.69, 9.17) is 0 Å². The predicted molar refractivity (Wildman–Crippen MR) is 44.4 cm³/mol. The van der Waals surface area contributed by atoms with E-state index in [1.54, 1.807) is 0 Å². The molecule has 0 aliphatic heterocycles. The van der Waals surface area contributed by atoms with Gasteiger partial charge in [0, 0.05) is 0 Å². The molecule has 0 atom stereocenters. The van der Waals surface area contributed by atoms with Crippen LogP contribution in [0.1, 0.15) is 0 Å². The summed E-state index contributed by atoms with van der Waals surface area (Å²) in [4.78, 5) is 9.40. The molecule has 0 spiro atoms. The standard InChI is InChI=1S/C6H5N2O5S.2K/c9-8(10)7-5-2-1-3-6(4-5)14(11,12)13;;/h1-4H,(H,11,12,13);;/q-1;2*+1/p-1. The van der Waals surface area contributed by atoms with E-state index in [2.05, 4.69) is 5.43 Å². The summed E-state index contributed by atoms with van der Waals surface area (Å²) in [7, 11) is -4.59. The summed E-state index contributed by atoms with van der Waals surface area (Å²) in [5.74, 6) is 0. The first-order valence-corrected chi connectivity index (χ1v) is 4.72. The first-order valence-electron chi connectivity index (χ1n) is 3.31. The Morgan fingerprint density at radius 3 is 2.25 bits per heavy atom. The average molecular weight is 294 g/mol. The van der Waals surface area contributed by atoms with Gasteiger partial charge in [-0.3, -0.25) is 10.1 Å². The molecule has 0 amide bonds. The maximum absolute atomic E-state index is 10.5. The van der Waals surface area contributed by atoms with Gasteiger partial charge in [0.15, 0.2) is 0 Å². The van der Waals surface area contributed by atoms with E-state index in [0.717, 1.165) is 12.1 Å². The van der Waals surface area contributed by atoms with E-state index in [1.165, 1.54) is 12.1 Å². The Balaban J connectivity index is 0.